The van der Waals surface area contributed by atoms with E-state index in [9.17, 15) is 37.7 Å². The molecule has 0 aromatic carbocycles. The number of hydrogen-bond acceptors (Lipinski definition) is 5. The van der Waals surface area contributed by atoms with Crippen molar-refractivity contribution in [1.82, 2.24) is 4.98 Å². The Morgan fingerprint density at radius 3 is 1.66 bits per heavy atom. The average molecular weight is 483 g/mol. The molecule has 2 aromatic rings. The Labute approximate surface area is 197 Å². The van der Waals surface area contributed by atoms with Crippen LogP contribution < -0.4 is 4.57 Å². The number of rotatable bonds is 2. The van der Waals surface area contributed by atoms with Crippen LogP contribution in [0.25, 0.3) is 0 Å². The second kappa shape index (κ2) is 8.23. The molecule has 2 aromatic heterocycles. The summed E-state index contributed by atoms with van der Waals surface area (Å²) in [6.07, 6.45) is 0.288. The van der Waals surface area contributed by atoms with E-state index in [4.69, 9.17) is 0 Å². The Hall–Kier alpha value is -3.66. The predicted molar refractivity (Wildman–Crippen MR) is 109 cm³/mol. The first kappa shape index (κ1) is 23.1. The van der Waals surface area contributed by atoms with E-state index in [-0.39, 0.29) is 35.5 Å². The predicted octanol–water partition coefficient (Wildman–Crippen LogP) is 3.03. The molecule has 0 radical (unpaired) electrons. The van der Waals surface area contributed by atoms with Crippen molar-refractivity contribution in [2.75, 3.05) is 0 Å². The Balaban J connectivity index is 1.51. The lowest BCUT2D eigenvalue weighted by atomic mass is 9.67. The van der Waals surface area contributed by atoms with Gasteiger partial charge in [0, 0.05) is 24.0 Å². The largest absolute Gasteiger partial charge is 0.361 e. The zero-order valence-corrected chi connectivity index (χ0v) is 18.5. The molecule has 8 unspecified atom stereocenters. The van der Waals surface area contributed by atoms with E-state index >= 15 is 0 Å². The van der Waals surface area contributed by atoms with Crippen LogP contribution in [-0.2, 0) is 16.6 Å². The first-order valence-corrected chi connectivity index (χ1v) is 11.2. The summed E-state index contributed by atoms with van der Waals surface area (Å²) in [6.45, 7) is 0. The number of carbonyl (C=O) groups excluding carboxylic acids is 2. The number of fused-ring (bicyclic) bond motifs is 2. The molecular formula is C25H19F4N4O2+. The van der Waals surface area contributed by atoms with Crippen molar-refractivity contribution in [2.45, 2.75) is 24.7 Å². The van der Waals surface area contributed by atoms with Gasteiger partial charge >= 0.3 is 11.9 Å². The molecule has 0 spiro atoms. The molecule has 3 aliphatic rings. The van der Waals surface area contributed by atoms with Crippen molar-refractivity contribution in [3.63, 3.8) is 0 Å². The van der Waals surface area contributed by atoms with Gasteiger partial charge in [0.15, 0.2) is 0 Å². The van der Waals surface area contributed by atoms with Gasteiger partial charge in [-0.2, -0.15) is 24.3 Å². The smallest absolute Gasteiger partial charge is 0.299 e. The van der Waals surface area contributed by atoms with Crippen LogP contribution in [0.2, 0.25) is 0 Å². The number of ketones is 2. The first-order valence-electron chi connectivity index (χ1n) is 11.2. The summed E-state index contributed by atoms with van der Waals surface area (Å²) >= 11 is 0. The van der Waals surface area contributed by atoms with Crippen LogP contribution in [0, 0.1) is 82.0 Å². The van der Waals surface area contributed by atoms with Crippen molar-refractivity contribution in [3.05, 3.63) is 59.2 Å². The van der Waals surface area contributed by atoms with Crippen LogP contribution in [0.3, 0.4) is 0 Å². The lowest BCUT2D eigenvalue weighted by Gasteiger charge is -2.35. The van der Waals surface area contributed by atoms with Crippen LogP contribution in [0.15, 0.2) is 24.3 Å². The van der Waals surface area contributed by atoms with E-state index in [1.165, 1.54) is 7.05 Å². The fraction of sp³-hybridized carbons (Fsp3) is 0.440. The van der Waals surface area contributed by atoms with Gasteiger partial charge in [-0.15, -0.1) is 13.3 Å². The van der Waals surface area contributed by atoms with Gasteiger partial charge in [-0.05, 0) is 47.9 Å². The summed E-state index contributed by atoms with van der Waals surface area (Å²) in [4.78, 5) is 29.8. The lowest BCUT2D eigenvalue weighted by molar-refractivity contribution is -0.727. The highest BCUT2D eigenvalue weighted by Crippen LogP contribution is 2.59. The lowest BCUT2D eigenvalue weighted by Crippen LogP contribution is -2.38. The van der Waals surface area contributed by atoms with Crippen LogP contribution >= 0.6 is 0 Å². The SMILES string of the molecule is C[n+]1c(F)cc(C2C(=O)C3CC4C(=O)C(c5cc(F)nc(F)c5)C(C#N)C4CC3C2C#N)cc1F. The number of halogens is 4. The summed E-state index contributed by atoms with van der Waals surface area (Å²) in [5.74, 6) is -11.0. The Kier molecular flexibility index (Phi) is 5.43. The number of Topliss-reactive ketones (excluding diaryl/α,β-unsaturated/α-hetero) is 2. The number of nitrogens with zero attached hydrogens (tertiary/aromatic N) is 4. The number of nitriles is 2. The molecule has 178 valence electrons. The van der Waals surface area contributed by atoms with Gasteiger partial charge in [-0.3, -0.25) is 9.59 Å². The third-order valence-electron chi connectivity index (χ3n) is 8.08. The van der Waals surface area contributed by atoms with E-state index in [1.54, 1.807) is 0 Å². The molecule has 3 saturated carbocycles. The molecule has 3 aliphatic carbocycles. The van der Waals surface area contributed by atoms with Gasteiger partial charge < -0.3 is 0 Å². The number of aromatic nitrogens is 2. The zero-order chi connectivity index (χ0) is 25.2. The monoisotopic (exact) mass is 483 g/mol. The molecule has 5 rings (SSSR count). The number of pyridine rings is 2. The van der Waals surface area contributed by atoms with E-state index in [1.807, 2.05) is 0 Å². The molecule has 3 fully saturated rings. The van der Waals surface area contributed by atoms with Gasteiger partial charge in [-0.25, -0.2) is 0 Å². The fourth-order valence-electron chi connectivity index (χ4n) is 6.56. The molecule has 35 heavy (non-hydrogen) atoms. The fourth-order valence-corrected chi connectivity index (χ4v) is 6.56. The van der Waals surface area contributed by atoms with Crippen LogP contribution in [0.4, 0.5) is 17.6 Å². The molecule has 0 bridgehead atoms. The van der Waals surface area contributed by atoms with Gasteiger partial charge in [0.1, 0.15) is 18.6 Å². The van der Waals surface area contributed by atoms with E-state index in [2.05, 4.69) is 17.1 Å². The second-order valence-electron chi connectivity index (χ2n) is 9.62. The standard InChI is InChI=1S/C25H19F4N4O2/c1-33-20(28)4-11(5-21(33)29)23-17(9-31)13-6-12-14(7-15(13)25(23)35)24(34)22(16(12)8-30)10-2-18(26)32-19(27)3-10/h2-5,12-17,22-23H,6-7H2,1H3/q+1. The van der Waals surface area contributed by atoms with Crippen LogP contribution in [-0.4, -0.2) is 16.6 Å². The molecule has 0 saturated heterocycles. The molecular weight excluding hydrogens is 464 g/mol. The van der Waals surface area contributed by atoms with Crippen molar-refractivity contribution in [3.8, 4) is 12.1 Å². The first-order chi connectivity index (χ1) is 16.7. The average Bonchev–Trinajstić information content (AvgIpc) is 3.25. The normalized spacial score (nSPS) is 33.7. The van der Waals surface area contributed by atoms with Gasteiger partial charge in [0.05, 0.1) is 35.8 Å². The third-order valence-corrected chi connectivity index (χ3v) is 8.08. The van der Waals surface area contributed by atoms with Gasteiger partial charge in [0.25, 0.3) is 0 Å². The maximum absolute atomic E-state index is 14.2. The molecule has 2 heterocycles. The summed E-state index contributed by atoms with van der Waals surface area (Å²) < 4.78 is 56.6. The minimum atomic E-state index is -1.10. The highest BCUT2D eigenvalue weighted by molar-refractivity contribution is 5.95. The maximum atomic E-state index is 14.2. The van der Waals surface area contributed by atoms with Crippen molar-refractivity contribution < 1.29 is 31.7 Å². The highest BCUT2D eigenvalue weighted by Gasteiger charge is 2.61. The van der Waals surface area contributed by atoms with E-state index in [0.717, 1.165) is 24.3 Å². The Morgan fingerprint density at radius 1 is 0.800 bits per heavy atom. The number of hydrogen-bond donors (Lipinski definition) is 0. The maximum Gasteiger partial charge on any atom is 0.361 e. The van der Waals surface area contributed by atoms with Crippen molar-refractivity contribution in [2.24, 2.45) is 42.6 Å². The minimum Gasteiger partial charge on any atom is -0.299 e. The minimum absolute atomic E-state index is 0.0234. The van der Waals surface area contributed by atoms with Crippen LogP contribution in [0.5, 0.6) is 0 Å². The van der Waals surface area contributed by atoms with E-state index < -0.39 is 71.1 Å². The highest BCUT2D eigenvalue weighted by atomic mass is 19.1. The van der Waals surface area contributed by atoms with Crippen molar-refractivity contribution >= 4 is 11.6 Å². The van der Waals surface area contributed by atoms with Crippen LogP contribution in [0.1, 0.15) is 35.8 Å². The molecule has 0 amide bonds. The molecule has 8 atom stereocenters. The topological polar surface area (TPSA) is 98.5 Å². The van der Waals surface area contributed by atoms with Gasteiger partial charge in [-0.1, -0.05) is 0 Å². The van der Waals surface area contributed by atoms with Crippen molar-refractivity contribution in [1.29, 1.82) is 10.5 Å². The van der Waals surface area contributed by atoms with Gasteiger partial charge in [0.2, 0.25) is 11.9 Å². The molecule has 6 nitrogen and oxygen atoms in total. The molecule has 0 N–H and O–H groups in total. The summed E-state index contributed by atoms with van der Waals surface area (Å²) in [5, 5.41) is 19.8. The Morgan fingerprint density at radius 2 is 1.23 bits per heavy atom. The zero-order valence-electron chi connectivity index (χ0n) is 18.5. The second-order valence-corrected chi connectivity index (χ2v) is 9.62. The van der Waals surface area contributed by atoms with E-state index in [0.29, 0.717) is 4.57 Å². The summed E-state index contributed by atoms with van der Waals surface area (Å²) in [6, 6.07) is 8.20. The molecule has 10 heteroatoms. The Bertz CT molecular complexity index is 1310. The quantitative estimate of drug-likeness (QED) is 0.372. The number of carbonyl (C=O) groups is 2. The summed E-state index contributed by atoms with van der Waals surface area (Å²) in [5.41, 5.74) is 0.0910. The summed E-state index contributed by atoms with van der Waals surface area (Å²) in [7, 11) is 1.19. The molecule has 0 aliphatic heterocycles. The third kappa shape index (κ3) is 3.43.